The molecule has 1 aromatic carbocycles. The maximum atomic E-state index is 9.86. The summed E-state index contributed by atoms with van der Waals surface area (Å²) in [4.78, 5) is 0. The number of hydrogen-bond acceptors (Lipinski definition) is 2. The second kappa shape index (κ2) is 5.67. The van der Waals surface area contributed by atoms with Crippen LogP contribution in [0, 0.1) is 0 Å². The Hall–Kier alpha value is -0.570. The number of rotatable bonds is 3. The highest BCUT2D eigenvalue weighted by molar-refractivity contribution is 6.21. The maximum absolute atomic E-state index is 9.86. The summed E-state index contributed by atoms with van der Waals surface area (Å²) in [6.07, 6.45) is 2.17. The van der Waals surface area contributed by atoms with Crippen LogP contribution in [0.4, 0.5) is 0 Å². The molecule has 0 amide bonds. The van der Waals surface area contributed by atoms with Gasteiger partial charge in [-0.25, -0.2) is 0 Å². The molecule has 1 aliphatic carbocycles. The lowest BCUT2D eigenvalue weighted by molar-refractivity contribution is -0.0641. The van der Waals surface area contributed by atoms with Gasteiger partial charge in [-0.15, -0.1) is 11.6 Å². The van der Waals surface area contributed by atoms with E-state index in [1.807, 2.05) is 30.3 Å². The van der Waals surface area contributed by atoms with Crippen molar-refractivity contribution in [2.24, 2.45) is 0 Å². The van der Waals surface area contributed by atoms with Crippen molar-refractivity contribution in [3.05, 3.63) is 35.9 Å². The van der Waals surface area contributed by atoms with E-state index in [4.69, 9.17) is 16.3 Å². The first-order valence-electron chi connectivity index (χ1n) is 5.75. The number of benzene rings is 1. The summed E-state index contributed by atoms with van der Waals surface area (Å²) in [5.74, 6) is 0. The van der Waals surface area contributed by atoms with Crippen molar-refractivity contribution in [2.45, 2.75) is 43.5 Å². The van der Waals surface area contributed by atoms with Crippen LogP contribution in [0.15, 0.2) is 30.3 Å². The summed E-state index contributed by atoms with van der Waals surface area (Å²) >= 11 is 6.01. The number of aliphatic hydroxyl groups is 1. The molecule has 1 aromatic rings. The molecule has 2 nitrogen and oxygen atoms in total. The lowest BCUT2D eigenvalue weighted by Gasteiger charge is -2.31. The first kappa shape index (κ1) is 11.9. The van der Waals surface area contributed by atoms with Gasteiger partial charge in [0.1, 0.15) is 0 Å². The number of hydrogen-bond donors (Lipinski definition) is 1. The van der Waals surface area contributed by atoms with Crippen molar-refractivity contribution in [3.8, 4) is 0 Å². The van der Waals surface area contributed by atoms with E-state index in [1.165, 1.54) is 0 Å². The van der Waals surface area contributed by atoms with E-state index in [9.17, 15) is 5.11 Å². The summed E-state index contributed by atoms with van der Waals surface area (Å²) in [6, 6.07) is 10.00. The van der Waals surface area contributed by atoms with Gasteiger partial charge in [0.25, 0.3) is 0 Å². The van der Waals surface area contributed by atoms with Crippen LogP contribution in [0.25, 0.3) is 0 Å². The standard InChI is InChI=1S/C13H17ClO2/c14-11-7-4-8-12(13(11)15)16-9-10-5-2-1-3-6-10/h1-3,5-6,11-13,15H,4,7-9H2/t11-,12-,13+/m1/s1. The highest BCUT2D eigenvalue weighted by Crippen LogP contribution is 2.26. The van der Waals surface area contributed by atoms with Gasteiger partial charge in [0.05, 0.1) is 24.2 Å². The lowest BCUT2D eigenvalue weighted by Crippen LogP contribution is -2.39. The van der Waals surface area contributed by atoms with Crippen molar-refractivity contribution < 1.29 is 9.84 Å². The molecule has 0 aliphatic heterocycles. The quantitative estimate of drug-likeness (QED) is 0.824. The molecule has 1 saturated carbocycles. The Balaban J connectivity index is 1.85. The molecule has 0 aromatic heterocycles. The molecule has 2 rings (SSSR count). The summed E-state index contributed by atoms with van der Waals surface area (Å²) in [5, 5.41) is 9.70. The molecule has 3 atom stereocenters. The third-order valence-corrected chi connectivity index (χ3v) is 3.50. The topological polar surface area (TPSA) is 29.5 Å². The molecule has 0 bridgehead atoms. The van der Waals surface area contributed by atoms with Crippen molar-refractivity contribution in [1.29, 1.82) is 0 Å². The van der Waals surface area contributed by atoms with E-state index in [2.05, 4.69) is 0 Å². The van der Waals surface area contributed by atoms with Crippen LogP contribution in [0.2, 0.25) is 0 Å². The Kier molecular flexibility index (Phi) is 4.22. The largest absolute Gasteiger partial charge is 0.389 e. The van der Waals surface area contributed by atoms with Crippen LogP contribution in [-0.2, 0) is 11.3 Å². The fourth-order valence-corrected chi connectivity index (χ4v) is 2.36. The van der Waals surface area contributed by atoms with Gasteiger partial charge in [-0.2, -0.15) is 0 Å². The zero-order valence-corrected chi connectivity index (χ0v) is 9.94. The van der Waals surface area contributed by atoms with E-state index < -0.39 is 6.10 Å². The van der Waals surface area contributed by atoms with Crippen LogP contribution in [0.3, 0.4) is 0 Å². The fraction of sp³-hybridized carbons (Fsp3) is 0.538. The first-order valence-corrected chi connectivity index (χ1v) is 6.18. The number of ether oxygens (including phenoxy) is 1. The van der Waals surface area contributed by atoms with Crippen LogP contribution in [0.5, 0.6) is 0 Å². The molecule has 0 spiro atoms. The van der Waals surface area contributed by atoms with Gasteiger partial charge in [0.15, 0.2) is 0 Å². The Morgan fingerprint density at radius 1 is 1.25 bits per heavy atom. The molecule has 0 unspecified atom stereocenters. The average Bonchev–Trinajstić information content (AvgIpc) is 2.32. The van der Waals surface area contributed by atoms with Crippen molar-refractivity contribution in [1.82, 2.24) is 0 Å². The average molecular weight is 241 g/mol. The van der Waals surface area contributed by atoms with Gasteiger partial charge < -0.3 is 9.84 Å². The normalized spacial score (nSPS) is 30.2. The van der Waals surface area contributed by atoms with Crippen LogP contribution in [0.1, 0.15) is 24.8 Å². The van der Waals surface area contributed by atoms with E-state index in [0.29, 0.717) is 6.61 Å². The fourth-order valence-electron chi connectivity index (χ4n) is 2.05. The molecular weight excluding hydrogens is 224 g/mol. The molecule has 16 heavy (non-hydrogen) atoms. The molecule has 1 fully saturated rings. The number of alkyl halides is 1. The van der Waals surface area contributed by atoms with E-state index >= 15 is 0 Å². The second-order valence-corrected chi connectivity index (χ2v) is 4.83. The number of halogens is 1. The van der Waals surface area contributed by atoms with Crippen LogP contribution < -0.4 is 0 Å². The Labute approximate surface area is 101 Å². The van der Waals surface area contributed by atoms with Gasteiger partial charge in [0.2, 0.25) is 0 Å². The highest BCUT2D eigenvalue weighted by Gasteiger charge is 2.30. The molecule has 88 valence electrons. The third kappa shape index (κ3) is 2.97. The minimum atomic E-state index is -0.529. The van der Waals surface area contributed by atoms with Crippen LogP contribution in [-0.4, -0.2) is 22.7 Å². The summed E-state index contributed by atoms with van der Waals surface area (Å²) in [7, 11) is 0. The smallest absolute Gasteiger partial charge is 0.0965 e. The summed E-state index contributed by atoms with van der Waals surface area (Å²) < 4.78 is 5.72. The summed E-state index contributed by atoms with van der Waals surface area (Å²) in [5.41, 5.74) is 1.13. The van der Waals surface area contributed by atoms with Crippen molar-refractivity contribution in [3.63, 3.8) is 0 Å². The van der Waals surface area contributed by atoms with E-state index in [0.717, 1.165) is 24.8 Å². The second-order valence-electron chi connectivity index (χ2n) is 4.27. The third-order valence-electron chi connectivity index (χ3n) is 3.03. The zero-order chi connectivity index (χ0) is 11.4. The minimum Gasteiger partial charge on any atom is -0.389 e. The monoisotopic (exact) mass is 240 g/mol. The van der Waals surface area contributed by atoms with Gasteiger partial charge in [0, 0.05) is 0 Å². The molecule has 3 heteroatoms. The number of aliphatic hydroxyl groups excluding tert-OH is 1. The van der Waals surface area contributed by atoms with Crippen LogP contribution >= 0.6 is 11.6 Å². The SMILES string of the molecule is O[C@H]1[C@H](Cl)CCC[C@H]1OCc1ccccc1. The summed E-state index contributed by atoms with van der Waals surface area (Å²) in [6.45, 7) is 0.548. The minimum absolute atomic E-state index is 0.114. The van der Waals surface area contributed by atoms with Crippen molar-refractivity contribution in [2.75, 3.05) is 0 Å². The van der Waals surface area contributed by atoms with E-state index in [-0.39, 0.29) is 11.5 Å². The lowest BCUT2D eigenvalue weighted by atomic mass is 9.94. The predicted octanol–water partition coefficient (Wildman–Crippen LogP) is 2.72. The molecule has 0 heterocycles. The Bertz CT molecular complexity index is 315. The van der Waals surface area contributed by atoms with Gasteiger partial charge in [-0.1, -0.05) is 30.3 Å². The van der Waals surface area contributed by atoms with Gasteiger partial charge in [-0.3, -0.25) is 0 Å². The molecule has 0 radical (unpaired) electrons. The highest BCUT2D eigenvalue weighted by atomic mass is 35.5. The molecule has 1 aliphatic rings. The van der Waals surface area contributed by atoms with Gasteiger partial charge in [-0.05, 0) is 24.8 Å². The van der Waals surface area contributed by atoms with E-state index in [1.54, 1.807) is 0 Å². The van der Waals surface area contributed by atoms with Crippen molar-refractivity contribution >= 4 is 11.6 Å². The predicted molar refractivity (Wildman–Crippen MR) is 64.5 cm³/mol. The van der Waals surface area contributed by atoms with Gasteiger partial charge >= 0.3 is 0 Å². The Morgan fingerprint density at radius 2 is 2.00 bits per heavy atom. The Morgan fingerprint density at radius 3 is 2.75 bits per heavy atom. The molecule has 1 N–H and O–H groups in total. The maximum Gasteiger partial charge on any atom is 0.0965 e. The molecule has 0 saturated heterocycles. The molecular formula is C13H17ClO2. The first-order chi connectivity index (χ1) is 7.77. The zero-order valence-electron chi connectivity index (χ0n) is 9.18.